The van der Waals surface area contributed by atoms with Crippen LogP contribution in [0.25, 0.3) is 0 Å². The molecule has 1 N–H and O–H groups in total. The van der Waals surface area contributed by atoms with Crippen LogP contribution >= 0.6 is 0 Å². The van der Waals surface area contributed by atoms with Crippen molar-refractivity contribution in [3.05, 3.63) is 35.4 Å². The van der Waals surface area contributed by atoms with E-state index in [-0.39, 0.29) is 5.92 Å². The number of alkyl halides is 2. The minimum Gasteiger partial charge on any atom is -0.316 e. The molecule has 18 heavy (non-hydrogen) atoms. The number of piperidine rings is 1. The van der Waals surface area contributed by atoms with E-state index in [0.29, 0.717) is 19.0 Å². The third kappa shape index (κ3) is 3.02. The molecular formula is C13H15F4N. The molecule has 0 radical (unpaired) electrons. The fourth-order valence-electron chi connectivity index (χ4n) is 2.35. The molecule has 1 aliphatic heterocycles. The summed E-state index contributed by atoms with van der Waals surface area (Å²) in [5, 5.41) is 3.03. The lowest BCUT2D eigenvalue weighted by Gasteiger charge is -2.27. The fraction of sp³-hybridized carbons (Fsp3) is 0.538. The van der Waals surface area contributed by atoms with Gasteiger partial charge in [0.15, 0.2) is 0 Å². The van der Waals surface area contributed by atoms with E-state index in [1.807, 2.05) is 0 Å². The first-order valence-electron chi connectivity index (χ1n) is 6.03. The molecule has 5 heteroatoms. The molecule has 2 rings (SSSR count). The van der Waals surface area contributed by atoms with Gasteiger partial charge in [-0.15, -0.1) is 0 Å². The largest absolute Gasteiger partial charge is 0.316 e. The van der Waals surface area contributed by atoms with Gasteiger partial charge in [0.05, 0.1) is 5.56 Å². The maximum atomic E-state index is 13.9. The molecule has 1 heterocycles. The van der Waals surface area contributed by atoms with E-state index < -0.39 is 29.5 Å². The number of rotatable bonds is 3. The lowest BCUT2D eigenvalue weighted by atomic mass is 9.90. The molecule has 1 saturated heterocycles. The Morgan fingerprint density at radius 1 is 1.28 bits per heavy atom. The van der Waals surface area contributed by atoms with Gasteiger partial charge in [0.25, 0.3) is 5.92 Å². The van der Waals surface area contributed by atoms with Crippen LogP contribution < -0.4 is 5.32 Å². The average Bonchev–Trinajstić information content (AvgIpc) is 2.33. The molecule has 0 spiro atoms. The Kier molecular flexibility index (Phi) is 3.90. The molecule has 1 unspecified atom stereocenters. The number of nitrogens with one attached hydrogen (secondary N) is 1. The Bertz CT molecular complexity index is 413. The summed E-state index contributed by atoms with van der Waals surface area (Å²) < 4.78 is 54.2. The Morgan fingerprint density at radius 2 is 2.06 bits per heavy atom. The number of benzene rings is 1. The first-order chi connectivity index (χ1) is 8.49. The zero-order valence-corrected chi connectivity index (χ0v) is 9.86. The van der Waals surface area contributed by atoms with E-state index in [1.165, 1.54) is 0 Å². The Balaban J connectivity index is 2.15. The molecule has 1 nitrogen and oxygen atoms in total. The summed E-state index contributed by atoms with van der Waals surface area (Å²) in [6, 6.07) is 2.18. The lowest BCUT2D eigenvalue weighted by molar-refractivity contribution is -0.0350. The van der Waals surface area contributed by atoms with Gasteiger partial charge >= 0.3 is 0 Å². The summed E-state index contributed by atoms with van der Waals surface area (Å²) >= 11 is 0. The van der Waals surface area contributed by atoms with E-state index in [9.17, 15) is 17.6 Å². The molecule has 1 atom stereocenters. The van der Waals surface area contributed by atoms with Gasteiger partial charge in [0.2, 0.25) is 0 Å². The van der Waals surface area contributed by atoms with Crippen molar-refractivity contribution in [3.63, 3.8) is 0 Å². The summed E-state index contributed by atoms with van der Waals surface area (Å²) in [6.45, 7) is 1.34. The molecule has 0 bridgehead atoms. The van der Waals surface area contributed by atoms with Crippen molar-refractivity contribution in [1.29, 1.82) is 0 Å². The molecule has 1 aliphatic rings. The maximum absolute atomic E-state index is 13.9. The highest BCUT2D eigenvalue weighted by molar-refractivity contribution is 5.23. The van der Waals surface area contributed by atoms with Gasteiger partial charge in [-0.1, -0.05) is 0 Å². The second kappa shape index (κ2) is 5.26. The van der Waals surface area contributed by atoms with Gasteiger partial charge in [-0.05, 0) is 50.0 Å². The van der Waals surface area contributed by atoms with Gasteiger partial charge in [-0.2, -0.15) is 0 Å². The highest BCUT2D eigenvalue weighted by Gasteiger charge is 2.37. The normalized spacial score (nSPS) is 21.0. The van der Waals surface area contributed by atoms with E-state index in [2.05, 4.69) is 5.32 Å². The molecule has 1 aromatic rings. The van der Waals surface area contributed by atoms with E-state index in [4.69, 9.17) is 0 Å². The minimum absolute atomic E-state index is 0.198. The molecule has 1 fully saturated rings. The van der Waals surface area contributed by atoms with Crippen molar-refractivity contribution >= 4 is 0 Å². The summed E-state index contributed by atoms with van der Waals surface area (Å²) in [5.41, 5.74) is -0.840. The zero-order valence-electron chi connectivity index (χ0n) is 9.86. The molecule has 0 aliphatic carbocycles. The van der Waals surface area contributed by atoms with E-state index >= 15 is 0 Å². The predicted molar refractivity (Wildman–Crippen MR) is 60.5 cm³/mol. The number of halogens is 4. The van der Waals surface area contributed by atoms with Crippen LogP contribution in [0.4, 0.5) is 17.6 Å². The Hall–Kier alpha value is -1.10. The van der Waals surface area contributed by atoms with Crippen molar-refractivity contribution in [2.75, 3.05) is 13.1 Å². The summed E-state index contributed by atoms with van der Waals surface area (Å²) in [4.78, 5) is 0. The van der Waals surface area contributed by atoms with Crippen LogP contribution in [-0.2, 0) is 5.92 Å². The second-order valence-corrected chi connectivity index (χ2v) is 4.75. The van der Waals surface area contributed by atoms with Crippen LogP contribution in [0.15, 0.2) is 18.2 Å². The van der Waals surface area contributed by atoms with Crippen molar-refractivity contribution in [1.82, 2.24) is 5.32 Å². The molecular weight excluding hydrogens is 246 g/mol. The first-order valence-corrected chi connectivity index (χ1v) is 6.03. The van der Waals surface area contributed by atoms with Crippen LogP contribution in [0.2, 0.25) is 0 Å². The first kappa shape index (κ1) is 13.3. The van der Waals surface area contributed by atoms with Crippen LogP contribution in [0.5, 0.6) is 0 Å². The smallest absolute Gasteiger partial charge is 0.276 e. The Labute approximate surface area is 103 Å². The number of hydrogen-bond acceptors (Lipinski definition) is 1. The van der Waals surface area contributed by atoms with Crippen LogP contribution in [0.1, 0.15) is 24.8 Å². The summed E-state index contributed by atoms with van der Waals surface area (Å²) in [7, 11) is 0. The van der Waals surface area contributed by atoms with Gasteiger partial charge in [-0.25, -0.2) is 17.6 Å². The van der Waals surface area contributed by atoms with E-state index in [0.717, 1.165) is 25.1 Å². The molecule has 1 aromatic carbocycles. The van der Waals surface area contributed by atoms with Gasteiger partial charge < -0.3 is 5.32 Å². The predicted octanol–water partition coefficient (Wildman–Crippen LogP) is 3.45. The van der Waals surface area contributed by atoms with Crippen LogP contribution in [0.3, 0.4) is 0 Å². The topological polar surface area (TPSA) is 12.0 Å². The van der Waals surface area contributed by atoms with Crippen LogP contribution in [-0.4, -0.2) is 13.1 Å². The second-order valence-electron chi connectivity index (χ2n) is 4.75. The molecule has 100 valence electrons. The van der Waals surface area contributed by atoms with Crippen LogP contribution in [0, 0.1) is 17.6 Å². The Morgan fingerprint density at radius 3 is 2.72 bits per heavy atom. The monoisotopic (exact) mass is 261 g/mol. The van der Waals surface area contributed by atoms with Crippen molar-refractivity contribution < 1.29 is 17.6 Å². The molecule has 0 amide bonds. The van der Waals surface area contributed by atoms with Gasteiger partial charge in [-0.3, -0.25) is 0 Å². The van der Waals surface area contributed by atoms with Gasteiger partial charge in [0.1, 0.15) is 11.6 Å². The highest BCUT2D eigenvalue weighted by Crippen LogP contribution is 2.37. The maximum Gasteiger partial charge on any atom is 0.276 e. The van der Waals surface area contributed by atoms with E-state index in [1.54, 1.807) is 0 Å². The van der Waals surface area contributed by atoms with Gasteiger partial charge in [0, 0.05) is 6.42 Å². The standard InChI is InChI=1S/C13H15F4N/c14-10-3-4-12(15)11(6-10)13(16,17)7-9-2-1-5-18-8-9/h3-4,6,9,18H,1-2,5,7-8H2. The summed E-state index contributed by atoms with van der Waals surface area (Å²) in [6.07, 6.45) is 1.09. The minimum atomic E-state index is -3.32. The highest BCUT2D eigenvalue weighted by atomic mass is 19.3. The third-order valence-electron chi connectivity index (χ3n) is 3.27. The molecule has 0 saturated carbocycles. The third-order valence-corrected chi connectivity index (χ3v) is 3.27. The quantitative estimate of drug-likeness (QED) is 0.822. The molecule has 0 aromatic heterocycles. The number of hydrogen-bond donors (Lipinski definition) is 1. The average molecular weight is 261 g/mol. The van der Waals surface area contributed by atoms with Crippen molar-refractivity contribution in [2.45, 2.75) is 25.2 Å². The van der Waals surface area contributed by atoms with Crippen molar-refractivity contribution in [2.24, 2.45) is 5.92 Å². The fourth-order valence-corrected chi connectivity index (χ4v) is 2.35. The SMILES string of the molecule is Fc1ccc(F)c(C(F)(F)CC2CCCNC2)c1. The van der Waals surface area contributed by atoms with Crippen molar-refractivity contribution in [3.8, 4) is 0 Å². The lowest BCUT2D eigenvalue weighted by Crippen LogP contribution is -2.33. The summed E-state index contributed by atoms with van der Waals surface area (Å²) in [5.74, 6) is -5.41. The zero-order chi connectivity index (χ0) is 13.2.